The summed E-state index contributed by atoms with van der Waals surface area (Å²) in [6.07, 6.45) is 6.45. The largest absolute Gasteiger partial charge is 0.494 e. The zero-order valence-electron chi connectivity index (χ0n) is 12.7. The van der Waals surface area contributed by atoms with Crippen molar-refractivity contribution in [3.05, 3.63) is 29.8 Å². The lowest BCUT2D eigenvalue weighted by Crippen LogP contribution is -2.18. The molecule has 1 fully saturated rings. The molecule has 1 N–H and O–H groups in total. The van der Waals surface area contributed by atoms with E-state index in [4.69, 9.17) is 9.47 Å². The van der Waals surface area contributed by atoms with E-state index in [9.17, 15) is 0 Å². The first-order chi connectivity index (χ1) is 9.85. The summed E-state index contributed by atoms with van der Waals surface area (Å²) in [6.45, 7) is 3.69. The fourth-order valence-electron chi connectivity index (χ4n) is 2.93. The van der Waals surface area contributed by atoms with Crippen molar-refractivity contribution in [3.63, 3.8) is 0 Å². The lowest BCUT2D eigenvalue weighted by molar-refractivity contribution is 0.101. The Labute approximate surface area is 122 Å². The Balaban J connectivity index is 1.89. The third-order valence-corrected chi connectivity index (χ3v) is 3.99. The molecule has 1 heterocycles. The van der Waals surface area contributed by atoms with Crippen LogP contribution in [0.1, 0.15) is 50.6 Å². The molecule has 0 aliphatic carbocycles. The standard InChI is InChI=1S/C17H27NO2/c1-3-19-17-12-5-4-10-15(17)16(18-2)11-6-8-14-9-7-13-20-14/h4-5,10,12,14,16,18H,3,6-9,11,13H2,1-2H3. The van der Waals surface area contributed by atoms with E-state index in [2.05, 4.69) is 23.5 Å². The normalized spacial score (nSPS) is 20.0. The van der Waals surface area contributed by atoms with Crippen LogP contribution < -0.4 is 10.1 Å². The maximum Gasteiger partial charge on any atom is 0.124 e. The molecule has 0 bridgehead atoms. The van der Waals surface area contributed by atoms with E-state index in [1.54, 1.807) is 0 Å². The molecule has 0 aromatic heterocycles. The molecule has 112 valence electrons. The molecular weight excluding hydrogens is 250 g/mol. The Hall–Kier alpha value is -1.06. The highest BCUT2D eigenvalue weighted by Crippen LogP contribution is 2.29. The predicted octanol–water partition coefficient (Wildman–Crippen LogP) is 3.70. The molecule has 1 aromatic carbocycles. The van der Waals surface area contributed by atoms with Crippen molar-refractivity contribution < 1.29 is 9.47 Å². The molecule has 20 heavy (non-hydrogen) atoms. The average Bonchev–Trinajstić information content (AvgIpc) is 2.98. The second-order valence-corrected chi connectivity index (χ2v) is 5.38. The van der Waals surface area contributed by atoms with Crippen LogP contribution in [0.25, 0.3) is 0 Å². The maximum absolute atomic E-state index is 5.73. The number of hydrogen-bond donors (Lipinski definition) is 1. The lowest BCUT2D eigenvalue weighted by Gasteiger charge is -2.20. The Kier molecular flexibility index (Phi) is 6.34. The van der Waals surface area contributed by atoms with Crippen LogP contribution >= 0.6 is 0 Å². The van der Waals surface area contributed by atoms with E-state index >= 15 is 0 Å². The molecule has 3 nitrogen and oxygen atoms in total. The molecule has 0 spiro atoms. The van der Waals surface area contributed by atoms with Gasteiger partial charge in [-0.25, -0.2) is 0 Å². The van der Waals surface area contributed by atoms with E-state index in [1.165, 1.54) is 31.2 Å². The highest BCUT2D eigenvalue weighted by molar-refractivity contribution is 5.35. The molecule has 0 amide bonds. The Morgan fingerprint density at radius 3 is 2.95 bits per heavy atom. The highest BCUT2D eigenvalue weighted by Gasteiger charge is 2.18. The zero-order valence-corrected chi connectivity index (χ0v) is 12.7. The van der Waals surface area contributed by atoms with Crippen LogP contribution in [-0.4, -0.2) is 26.4 Å². The maximum atomic E-state index is 5.73. The number of para-hydroxylation sites is 1. The van der Waals surface area contributed by atoms with Crippen molar-refractivity contribution in [2.24, 2.45) is 0 Å². The Morgan fingerprint density at radius 2 is 2.25 bits per heavy atom. The van der Waals surface area contributed by atoms with Crippen molar-refractivity contribution in [2.45, 2.75) is 51.2 Å². The van der Waals surface area contributed by atoms with Crippen LogP contribution in [0.15, 0.2) is 24.3 Å². The minimum atomic E-state index is 0.360. The third-order valence-electron chi connectivity index (χ3n) is 3.99. The SMILES string of the molecule is CCOc1ccccc1C(CCCC1CCCO1)NC. The van der Waals surface area contributed by atoms with Gasteiger partial charge in [0.1, 0.15) is 5.75 Å². The van der Waals surface area contributed by atoms with Crippen molar-refractivity contribution >= 4 is 0 Å². The second kappa shape index (κ2) is 8.28. The first-order valence-electron chi connectivity index (χ1n) is 7.85. The lowest BCUT2D eigenvalue weighted by atomic mass is 9.98. The highest BCUT2D eigenvalue weighted by atomic mass is 16.5. The fraction of sp³-hybridized carbons (Fsp3) is 0.647. The van der Waals surface area contributed by atoms with Gasteiger partial charge in [-0.05, 0) is 52.1 Å². The van der Waals surface area contributed by atoms with Crippen LogP contribution in [0.5, 0.6) is 5.75 Å². The molecule has 1 aliphatic rings. The van der Waals surface area contributed by atoms with Gasteiger partial charge in [0, 0.05) is 18.2 Å². The van der Waals surface area contributed by atoms with Crippen LogP contribution in [0.3, 0.4) is 0 Å². The number of nitrogens with one attached hydrogen (secondary N) is 1. The molecule has 1 aliphatic heterocycles. The van der Waals surface area contributed by atoms with Crippen molar-refractivity contribution in [1.82, 2.24) is 5.32 Å². The minimum absolute atomic E-state index is 0.360. The van der Waals surface area contributed by atoms with Crippen molar-refractivity contribution in [1.29, 1.82) is 0 Å². The van der Waals surface area contributed by atoms with Gasteiger partial charge in [0.15, 0.2) is 0 Å². The van der Waals surface area contributed by atoms with Gasteiger partial charge in [0.2, 0.25) is 0 Å². The van der Waals surface area contributed by atoms with Gasteiger partial charge in [0.05, 0.1) is 12.7 Å². The summed E-state index contributed by atoms with van der Waals surface area (Å²) >= 11 is 0. The number of ether oxygens (including phenoxy) is 2. The summed E-state index contributed by atoms with van der Waals surface area (Å²) in [5.41, 5.74) is 1.27. The molecule has 0 radical (unpaired) electrons. The number of rotatable bonds is 8. The van der Waals surface area contributed by atoms with E-state index < -0.39 is 0 Å². The van der Waals surface area contributed by atoms with Crippen LogP contribution in [0, 0.1) is 0 Å². The topological polar surface area (TPSA) is 30.5 Å². The van der Waals surface area contributed by atoms with E-state index in [0.29, 0.717) is 18.8 Å². The second-order valence-electron chi connectivity index (χ2n) is 5.38. The van der Waals surface area contributed by atoms with Gasteiger partial charge in [-0.3, -0.25) is 0 Å². The average molecular weight is 277 g/mol. The van der Waals surface area contributed by atoms with Crippen molar-refractivity contribution in [2.75, 3.05) is 20.3 Å². The number of hydrogen-bond acceptors (Lipinski definition) is 3. The monoisotopic (exact) mass is 277 g/mol. The van der Waals surface area contributed by atoms with E-state index in [1.807, 2.05) is 20.0 Å². The molecule has 2 atom stereocenters. The Bertz CT molecular complexity index is 388. The van der Waals surface area contributed by atoms with Crippen LogP contribution in [0.4, 0.5) is 0 Å². The molecule has 1 aromatic rings. The van der Waals surface area contributed by atoms with Gasteiger partial charge >= 0.3 is 0 Å². The summed E-state index contributed by atoms with van der Waals surface area (Å²) in [4.78, 5) is 0. The Morgan fingerprint density at radius 1 is 1.40 bits per heavy atom. The van der Waals surface area contributed by atoms with Crippen LogP contribution in [-0.2, 0) is 4.74 Å². The van der Waals surface area contributed by atoms with Crippen molar-refractivity contribution in [3.8, 4) is 5.75 Å². The summed E-state index contributed by atoms with van der Waals surface area (Å²) < 4.78 is 11.4. The van der Waals surface area contributed by atoms with Gasteiger partial charge in [-0.15, -0.1) is 0 Å². The first-order valence-corrected chi connectivity index (χ1v) is 7.85. The van der Waals surface area contributed by atoms with Crippen LogP contribution in [0.2, 0.25) is 0 Å². The minimum Gasteiger partial charge on any atom is -0.494 e. The predicted molar refractivity (Wildman–Crippen MR) is 82.2 cm³/mol. The first kappa shape index (κ1) is 15.3. The van der Waals surface area contributed by atoms with Gasteiger partial charge < -0.3 is 14.8 Å². The quantitative estimate of drug-likeness (QED) is 0.786. The summed E-state index contributed by atoms with van der Waals surface area (Å²) in [5, 5.41) is 3.42. The summed E-state index contributed by atoms with van der Waals surface area (Å²) in [7, 11) is 2.03. The third kappa shape index (κ3) is 4.22. The number of benzene rings is 1. The fourth-order valence-corrected chi connectivity index (χ4v) is 2.93. The zero-order chi connectivity index (χ0) is 14.2. The van der Waals surface area contributed by atoms with E-state index in [-0.39, 0.29) is 0 Å². The smallest absolute Gasteiger partial charge is 0.124 e. The molecule has 2 unspecified atom stereocenters. The van der Waals surface area contributed by atoms with E-state index in [0.717, 1.165) is 18.8 Å². The molecule has 0 saturated carbocycles. The van der Waals surface area contributed by atoms with Gasteiger partial charge in [0.25, 0.3) is 0 Å². The summed E-state index contributed by atoms with van der Waals surface area (Å²) in [6, 6.07) is 8.70. The van der Waals surface area contributed by atoms with Gasteiger partial charge in [-0.2, -0.15) is 0 Å². The van der Waals surface area contributed by atoms with Gasteiger partial charge in [-0.1, -0.05) is 18.2 Å². The molecule has 2 rings (SSSR count). The summed E-state index contributed by atoms with van der Waals surface area (Å²) in [5.74, 6) is 1.01. The molecule has 1 saturated heterocycles. The molecule has 3 heteroatoms. The molecular formula is C17H27NO2.